The second kappa shape index (κ2) is 5.24. The van der Waals surface area contributed by atoms with Crippen LogP contribution < -0.4 is 10.5 Å². The van der Waals surface area contributed by atoms with E-state index in [9.17, 15) is 8.42 Å². The molecule has 0 atom stereocenters. The molecule has 1 aromatic rings. The van der Waals surface area contributed by atoms with E-state index in [-0.39, 0.29) is 11.4 Å². The zero-order chi connectivity index (χ0) is 13.3. The molecule has 0 saturated heterocycles. The molecule has 7 heteroatoms. The van der Waals surface area contributed by atoms with E-state index in [4.69, 9.17) is 17.3 Å². The molecule has 1 aromatic carbocycles. The molecule has 0 aliphatic rings. The van der Waals surface area contributed by atoms with Crippen molar-refractivity contribution in [2.24, 2.45) is 5.73 Å². The van der Waals surface area contributed by atoms with Crippen LogP contribution in [0.5, 0.6) is 0 Å². The van der Waals surface area contributed by atoms with Crippen molar-refractivity contribution < 1.29 is 8.42 Å². The Balaban J connectivity index is 3.14. The van der Waals surface area contributed by atoms with Crippen molar-refractivity contribution in [1.82, 2.24) is 4.72 Å². The number of sulfonamides is 1. The maximum atomic E-state index is 12.1. The van der Waals surface area contributed by atoms with Crippen molar-refractivity contribution in [3.05, 3.63) is 27.7 Å². The van der Waals surface area contributed by atoms with Crippen LogP contribution in [0.15, 0.2) is 27.6 Å². The third-order valence-electron chi connectivity index (χ3n) is 2.10. The van der Waals surface area contributed by atoms with Gasteiger partial charge in [-0.05, 0) is 48.0 Å². The number of nitrogens with one attached hydrogen (secondary N) is 1. The van der Waals surface area contributed by atoms with Crippen LogP contribution in [0, 0.1) is 0 Å². The zero-order valence-electron chi connectivity index (χ0n) is 9.50. The standard InChI is InChI=1S/C10H14BrClN2O2S/c1-10(2,6-13)14-17(15,16)9-4-3-7(12)5-8(9)11/h3-5,14H,6,13H2,1-2H3. The van der Waals surface area contributed by atoms with Crippen molar-refractivity contribution in [3.8, 4) is 0 Å². The second-order valence-electron chi connectivity index (χ2n) is 4.27. The minimum Gasteiger partial charge on any atom is -0.329 e. The van der Waals surface area contributed by atoms with Crippen molar-refractivity contribution in [2.75, 3.05) is 6.54 Å². The summed E-state index contributed by atoms with van der Waals surface area (Å²) in [5.74, 6) is 0. The molecule has 0 fully saturated rings. The molecule has 17 heavy (non-hydrogen) atoms. The lowest BCUT2D eigenvalue weighted by molar-refractivity contribution is 0.462. The lowest BCUT2D eigenvalue weighted by Gasteiger charge is -2.24. The van der Waals surface area contributed by atoms with Crippen LogP contribution in [0.2, 0.25) is 5.02 Å². The van der Waals surface area contributed by atoms with Crippen LogP contribution >= 0.6 is 27.5 Å². The van der Waals surface area contributed by atoms with E-state index in [1.165, 1.54) is 18.2 Å². The van der Waals surface area contributed by atoms with E-state index in [1.807, 2.05) is 0 Å². The summed E-state index contributed by atoms with van der Waals surface area (Å²) in [7, 11) is -3.61. The normalized spacial score (nSPS) is 12.8. The van der Waals surface area contributed by atoms with E-state index in [0.29, 0.717) is 9.50 Å². The highest BCUT2D eigenvalue weighted by Gasteiger charge is 2.26. The first-order chi connectivity index (χ1) is 7.68. The Morgan fingerprint density at radius 3 is 2.53 bits per heavy atom. The summed E-state index contributed by atoms with van der Waals surface area (Å²) in [6.45, 7) is 3.64. The average Bonchev–Trinajstić information content (AvgIpc) is 2.15. The summed E-state index contributed by atoms with van der Waals surface area (Å²) in [4.78, 5) is 0.142. The molecule has 0 aromatic heterocycles. The van der Waals surface area contributed by atoms with E-state index in [2.05, 4.69) is 20.7 Å². The van der Waals surface area contributed by atoms with Gasteiger partial charge >= 0.3 is 0 Å². The van der Waals surface area contributed by atoms with Gasteiger partial charge in [0.25, 0.3) is 0 Å². The topological polar surface area (TPSA) is 72.2 Å². The summed E-state index contributed by atoms with van der Waals surface area (Å²) in [6, 6.07) is 4.50. The Morgan fingerprint density at radius 1 is 1.47 bits per heavy atom. The maximum Gasteiger partial charge on any atom is 0.242 e. The Bertz CT molecular complexity index is 517. The van der Waals surface area contributed by atoms with Crippen LogP contribution in [0.1, 0.15) is 13.8 Å². The van der Waals surface area contributed by atoms with Crippen molar-refractivity contribution in [2.45, 2.75) is 24.3 Å². The quantitative estimate of drug-likeness (QED) is 0.881. The van der Waals surface area contributed by atoms with Crippen molar-refractivity contribution >= 4 is 37.6 Å². The molecule has 0 heterocycles. The number of halogens is 2. The summed E-state index contributed by atoms with van der Waals surface area (Å²) in [6.07, 6.45) is 0. The van der Waals surface area contributed by atoms with Gasteiger partial charge in [0.1, 0.15) is 0 Å². The monoisotopic (exact) mass is 340 g/mol. The Hall–Kier alpha value is -0.140. The molecule has 0 saturated carbocycles. The van der Waals surface area contributed by atoms with Gasteiger partial charge in [-0.25, -0.2) is 13.1 Å². The lowest BCUT2D eigenvalue weighted by Crippen LogP contribution is -2.48. The molecule has 0 spiro atoms. The van der Waals surface area contributed by atoms with E-state index >= 15 is 0 Å². The second-order valence-corrected chi connectivity index (χ2v) is 7.21. The fraction of sp³-hybridized carbons (Fsp3) is 0.400. The van der Waals surface area contributed by atoms with Gasteiger partial charge in [0, 0.05) is 21.6 Å². The number of nitrogens with two attached hydrogens (primary N) is 1. The van der Waals surface area contributed by atoms with Crippen molar-refractivity contribution in [3.63, 3.8) is 0 Å². The molecule has 1 rings (SSSR count). The third kappa shape index (κ3) is 3.93. The first kappa shape index (κ1) is 14.9. The van der Waals surface area contributed by atoms with E-state index in [0.717, 1.165) is 0 Å². The van der Waals surface area contributed by atoms with Crippen LogP contribution in [-0.4, -0.2) is 20.5 Å². The summed E-state index contributed by atoms with van der Waals surface area (Å²) in [5.41, 5.74) is 4.80. The third-order valence-corrected chi connectivity index (χ3v) is 5.01. The Morgan fingerprint density at radius 2 is 2.06 bits per heavy atom. The van der Waals surface area contributed by atoms with Gasteiger partial charge in [-0.2, -0.15) is 0 Å². The Labute approximate surface area is 115 Å². The number of hydrogen-bond donors (Lipinski definition) is 2. The van der Waals surface area contributed by atoms with Crippen LogP contribution in [-0.2, 0) is 10.0 Å². The minimum atomic E-state index is -3.61. The first-order valence-corrected chi connectivity index (χ1v) is 7.52. The van der Waals surface area contributed by atoms with Crippen molar-refractivity contribution in [1.29, 1.82) is 0 Å². The zero-order valence-corrected chi connectivity index (χ0v) is 12.7. The van der Waals surface area contributed by atoms with Gasteiger partial charge in [0.05, 0.1) is 4.90 Å². The average molecular weight is 342 g/mol. The lowest BCUT2D eigenvalue weighted by atomic mass is 10.1. The van der Waals surface area contributed by atoms with Crippen LogP contribution in [0.4, 0.5) is 0 Å². The van der Waals surface area contributed by atoms with E-state index in [1.54, 1.807) is 13.8 Å². The molecular formula is C10H14BrClN2O2S. The fourth-order valence-corrected chi connectivity index (χ4v) is 3.96. The number of rotatable bonds is 4. The number of benzene rings is 1. The molecule has 0 bridgehead atoms. The first-order valence-electron chi connectivity index (χ1n) is 4.87. The molecule has 0 unspecified atom stereocenters. The Kier molecular flexibility index (Phi) is 4.60. The smallest absolute Gasteiger partial charge is 0.242 e. The maximum absolute atomic E-state index is 12.1. The van der Waals surface area contributed by atoms with Gasteiger partial charge in [-0.15, -0.1) is 0 Å². The fourth-order valence-electron chi connectivity index (χ4n) is 1.15. The molecule has 4 nitrogen and oxygen atoms in total. The van der Waals surface area contributed by atoms with Gasteiger partial charge in [-0.1, -0.05) is 11.6 Å². The van der Waals surface area contributed by atoms with Gasteiger partial charge < -0.3 is 5.73 Å². The van der Waals surface area contributed by atoms with Gasteiger partial charge in [0.15, 0.2) is 0 Å². The van der Waals surface area contributed by atoms with Gasteiger partial charge in [0.2, 0.25) is 10.0 Å². The van der Waals surface area contributed by atoms with Crippen LogP contribution in [0.3, 0.4) is 0 Å². The largest absolute Gasteiger partial charge is 0.329 e. The highest BCUT2D eigenvalue weighted by atomic mass is 79.9. The predicted octanol–water partition coefficient (Wildman–Crippen LogP) is 2.12. The van der Waals surface area contributed by atoms with E-state index < -0.39 is 15.6 Å². The highest BCUT2D eigenvalue weighted by molar-refractivity contribution is 9.10. The summed E-state index contributed by atoms with van der Waals surface area (Å²) >= 11 is 8.94. The molecule has 0 aliphatic carbocycles. The summed E-state index contributed by atoms with van der Waals surface area (Å²) in [5, 5.41) is 0.467. The van der Waals surface area contributed by atoms with Gasteiger partial charge in [-0.3, -0.25) is 0 Å². The van der Waals surface area contributed by atoms with Crippen LogP contribution in [0.25, 0.3) is 0 Å². The predicted molar refractivity (Wildman–Crippen MR) is 72.6 cm³/mol. The molecule has 0 radical (unpaired) electrons. The molecule has 0 amide bonds. The SMILES string of the molecule is CC(C)(CN)NS(=O)(=O)c1ccc(Cl)cc1Br. The molecule has 0 aliphatic heterocycles. The number of hydrogen-bond acceptors (Lipinski definition) is 3. The summed E-state index contributed by atoms with van der Waals surface area (Å²) < 4.78 is 27.2. The highest BCUT2D eigenvalue weighted by Crippen LogP contribution is 2.26. The molecule has 3 N–H and O–H groups in total. The minimum absolute atomic E-state index is 0.142. The molecular weight excluding hydrogens is 328 g/mol. The molecule has 96 valence electrons.